The maximum Gasteiger partial charge on any atom is 0.000829 e. The van der Waals surface area contributed by atoms with Gasteiger partial charge in [-0.3, -0.25) is 0 Å². The van der Waals surface area contributed by atoms with E-state index in [1.54, 1.807) is 0 Å². The van der Waals surface area contributed by atoms with Gasteiger partial charge in [0.2, 0.25) is 0 Å². The molecule has 2 fully saturated rings. The Kier molecular flexibility index (Phi) is 3.16. The van der Waals surface area contributed by atoms with E-state index in [1.165, 1.54) is 51.6 Å². The first-order chi connectivity index (χ1) is 6.76. The van der Waals surface area contributed by atoms with E-state index < -0.39 is 0 Å². The molecule has 0 aromatic carbocycles. The van der Waals surface area contributed by atoms with Crippen LogP contribution in [0.4, 0.5) is 0 Å². The zero-order chi connectivity index (χ0) is 10.0. The number of hydrogen-bond acceptors (Lipinski definition) is 1. The first-order valence-corrected chi connectivity index (χ1v) is 6.46. The summed E-state index contributed by atoms with van der Waals surface area (Å²) in [6, 6.07) is 0. The molecule has 1 aliphatic carbocycles. The van der Waals surface area contributed by atoms with Gasteiger partial charge >= 0.3 is 0 Å². The van der Waals surface area contributed by atoms with E-state index in [-0.39, 0.29) is 0 Å². The Morgan fingerprint density at radius 2 is 2.00 bits per heavy atom. The summed E-state index contributed by atoms with van der Waals surface area (Å²) in [5.74, 6) is 1.99. The van der Waals surface area contributed by atoms with E-state index >= 15 is 0 Å². The summed E-state index contributed by atoms with van der Waals surface area (Å²) in [4.78, 5) is 0. The van der Waals surface area contributed by atoms with Crippen molar-refractivity contribution in [3.8, 4) is 0 Å². The first-order valence-electron chi connectivity index (χ1n) is 6.46. The zero-order valence-corrected chi connectivity index (χ0v) is 9.81. The number of hydrogen-bond donors (Lipinski definition) is 1. The average Bonchev–Trinajstić information content (AvgIpc) is 2.67. The molecule has 14 heavy (non-hydrogen) atoms. The van der Waals surface area contributed by atoms with Gasteiger partial charge in [-0.15, -0.1) is 0 Å². The molecule has 2 aliphatic rings. The lowest BCUT2D eigenvalue weighted by atomic mass is 9.67. The van der Waals surface area contributed by atoms with Gasteiger partial charge in [0.15, 0.2) is 0 Å². The molecule has 2 rings (SSSR count). The molecule has 0 aromatic heterocycles. The molecule has 1 heterocycles. The van der Waals surface area contributed by atoms with Gasteiger partial charge in [0, 0.05) is 6.54 Å². The smallest absolute Gasteiger partial charge is 0.000829 e. The van der Waals surface area contributed by atoms with Crippen LogP contribution in [0.1, 0.15) is 52.4 Å². The van der Waals surface area contributed by atoms with Crippen molar-refractivity contribution in [1.29, 1.82) is 0 Å². The van der Waals surface area contributed by atoms with Crippen LogP contribution in [0.25, 0.3) is 0 Å². The molecule has 0 amide bonds. The predicted molar refractivity (Wildman–Crippen MR) is 61.3 cm³/mol. The second-order valence-electron chi connectivity index (χ2n) is 5.65. The highest BCUT2D eigenvalue weighted by molar-refractivity contribution is 4.92. The van der Waals surface area contributed by atoms with Gasteiger partial charge in [-0.2, -0.15) is 0 Å². The maximum absolute atomic E-state index is 3.54. The summed E-state index contributed by atoms with van der Waals surface area (Å²) in [6.07, 6.45) is 8.80. The number of nitrogens with one attached hydrogen (secondary N) is 1. The van der Waals surface area contributed by atoms with Crippen LogP contribution in [0.2, 0.25) is 0 Å². The molecular weight excluding hydrogens is 170 g/mol. The zero-order valence-electron chi connectivity index (χ0n) is 9.81. The van der Waals surface area contributed by atoms with Gasteiger partial charge in [0.25, 0.3) is 0 Å². The predicted octanol–water partition coefficient (Wildman–Crippen LogP) is 3.20. The normalized spacial score (nSPS) is 40.3. The molecule has 82 valence electrons. The summed E-state index contributed by atoms with van der Waals surface area (Å²) in [5.41, 5.74) is 0.726. The van der Waals surface area contributed by atoms with Crippen LogP contribution in [0.15, 0.2) is 0 Å². The van der Waals surface area contributed by atoms with Crippen molar-refractivity contribution in [3.05, 3.63) is 0 Å². The Labute approximate surface area is 88.7 Å². The molecule has 1 N–H and O–H groups in total. The van der Waals surface area contributed by atoms with E-state index in [0.717, 1.165) is 17.3 Å². The highest BCUT2D eigenvalue weighted by Crippen LogP contribution is 2.45. The second kappa shape index (κ2) is 4.22. The Balaban J connectivity index is 1.85. The standard InChI is InChI=1S/C13H25N/c1-3-11(2)12-4-6-13(7-5-12)8-9-14-10-13/h11-12,14H,3-10H2,1-2H3. The summed E-state index contributed by atoms with van der Waals surface area (Å²) in [5, 5.41) is 3.54. The third kappa shape index (κ3) is 1.98. The van der Waals surface area contributed by atoms with E-state index in [0.29, 0.717) is 0 Å². The highest BCUT2D eigenvalue weighted by Gasteiger charge is 2.38. The van der Waals surface area contributed by atoms with Crippen molar-refractivity contribution in [3.63, 3.8) is 0 Å². The van der Waals surface area contributed by atoms with Crippen molar-refractivity contribution >= 4 is 0 Å². The van der Waals surface area contributed by atoms with Gasteiger partial charge < -0.3 is 5.32 Å². The quantitative estimate of drug-likeness (QED) is 0.713. The summed E-state index contributed by atoms with van der Waals surface area (Å²) >= 11 is 0. The minimum absolute atomic E-state index is 0.726. The maximum atomic E-state index is 3.54. The lowest BCUT2D eigenvalue weighted by molar-refractivity contribution is 0.137. The first kappa shape index (κ1) is 10.5. The molecule has 1 spiro atoms. The van der Waals surface area contributed by atoms with Crippen LogP contribution < -0.4 is 5.32 Å². The highest BCUT2D eigenvalue weighted by atomic mass is 14.9. The summed E-state index contributed by atoms with van der Waals surface area (Å²) in [7, 11) is 0. The molecular formula is C13H25N. The summed E-state index contributed by atoms with van der Waals surface area (Å²) in [6.45, 7) is 7.36. The van der Waals surface area contributed by atoms with Gasteiger partial charge in [-0.1, -0.05) is 20.3 Å². The topological polar surface area (TPSA) is 12.0 Å². The lowest BCUT2D eigenvalue weighted by Gasteiger charge is -2.38. The fourth-order valence-corrected chi connectivity index (χ4v) is 3.38. The van der Waals surface area contributed by atoms with Crippen LogP contribution in [0.3, 0.4) is 0 Å². The molecule has 0 aromatic rings. The second-order valence-corrected chi connectivity index (χ2v) is 5.65. The van der Waals surface area contributed by atoms with Gasteiger partial charge in [-0.05, 0) is 55.9 Å². The fourth-order valence-electron chi connectivity index (χ4n) is 3.38. The Hall–Kier alpha value is -0.0400. The molecule has 1 unspecified atom stereocenters. The van der Waals surface area contributed by atoms with E-state index in [4.69, 9.17) is 0 Å². The SMILES string of the molecule is CCC(C)C1CCC2(CCNC2)CC1. The van der Waals surface area contributed by atoms with E-state index in [9.17, 15) is 0 Å². The largest absolute Gasteiger partial charge is 0.316 e. The van der Waals surface area contributed by atoms with Gasteiger partial charge in [-0.25, -0.2) is 0 Å². The lowest BCUT2D eigenvalue weighted by Crippen LogP contribution is -2.31. The Morgan fingerprint density at radius 1 is 1.29 bits per heavy atom. The Bertz CT molecular complexity index is 172. The summed E-state index contributed by atoms with van der Waals surface area (Å²) < 4.78 is 0. The molecule has 0 bridgehead atoms. The van der Waals surface area contributed by atoms with Gasteiger partial charge in [0.05, 0.1) is 0 Å². The van der Waals surface area contributed by atoms with Gasteiger partial charge in [0.1, 0.15) is 0 Å². The minimum atomic E-state index is 0.726. The Morgan fingerprint density at radius 3 is 2.50 bits per heavy atom. The van der Waals surface area contributed by atoms with Crippen LogP contribution >= 0.6 is 0 Å². The van der Waals surface area contributed by atoms with Crippen molar-refractivity contribution in [2.45, 2.75) is 52.4 Å². The minimum Gasteiger partial charge on any atom is -0.316 e. The molecule has 1 aliphatic heterocycles. The molecule has 1 saturated carbocycles. The van der Waals surface area contributed by atoms with Crippen LogP contribution in [-0.4, -0.2) is 13.1 Å². The van der Waals surface area contributed by atoms with Crippen molar-refractivity contribution < 1.29 is 0 Å². The molecule has 1 atom stereocenters. The number of rotatable bonds is 2. The molecule has 1 nitrogen and oxygen atoms in total. The third-order valence-corrected chi connectivity index (χ3v) is 4.87. The van der Waals surface area contributed by atoms with E-state index in [2.05, 4.69) is 19.2 Å². The molecule has 0 radical (unpaired) electrons. The van der Waals surface area contributed by atoms with Crippen molar-refractivity contribution in [1.82, 2.24) is 5.32 Å². The van der Waals surface area contributed by atoms with Crippen molar-refractivity contribution in [2.75, 3.05) is 13.1 Å². The third-order valence-electron chi connectivity index (χ3n) is 4.87. The van der Waals surface area contributed by atoms with Crippen LogP contribution in [0.5, 0.6) is 0 Å². The average molecular weight is 195 g/mol. The van der Waals surface area contributed by atoms with Crippen LogP contribution in [0, 0.1) is 17.3 Å². The molecule has 1 saturated heterocycles. The van der Waals surface area contributed by atoms with Crippen LogP contribution in [-0.2, 0) is 0 Å². The molecule has 1 heteroatoms. The van der Waals surface area contributed by atoms with E-state index in [1.807, 2.05) is 0 Å². The fraction of sp³-hybridized carbons (Fsp3) is 1.00. The monoisotopic (exact) mass is 195 g/mol. The van der Waals surface area contributed by atoms with Crippen molar-refractivity contribution in [2.24, 2.45) is 17.3 Å².